The van der Waals surface area contributed by atoms with Crippen LogP contribution >= 0.6 is 0 Å². The molecule has 0 saturated heterocycles. The number of hydrogen-bond acceptors (Lipinski definition) is 0. The number of rotatable bonds is 15. The van der Waals surface area contributed by atoms with Crippen molar-refractivity contribution < 1.29 is 0 Å². The molecule has 0 saturated carbocycles. The first-order valence-corrected chi connectivity index (χ1v) is 16.2. The van der Waals surface area contributed by atoms with Crippen molar-refractivity contribution in [3.8, 4) is 25.7 Å². The van der Waals surface area contributed by atoms with E-state index in [1.54, 1.807) is 16.7 Å². The molecule has 0 spiro atoms. The largest absolute Gasteiger partial charge is 0.124 e. The average Bonchev–Trinajstić information content (AvgIpc) is 2.88. The number of terminal acetylenes is 2. The molecule has 0 nitrogen and oxygen atoms in total. The average molecular weight is 543 g/mol. The fourth-order valence-corrected chi connectivity index (χ4v) is 5.15. The topological polar surface area (TPSA) is 0 Å². The monoisotopic (exact) mass is 543 g/mol. The Hall–Kier alpha value is -1.40. The quantitative estimate of drug-likeness (QED) is 0.110. The van der Waals surface area contributed by atoms with Gasteiger partial charge in [0.05, 0.1) is 0 Å². The highest BCUT2D eigenvalue weighted by atomic mass is 14.3. The van der Waals surface area contributed by atoms with Crippen LogP contribution in [0.3, 0.4) is 0 Å². The normalized spacial score (nSPS) is 14.0. The summed E-state index contributed by atoms with van der Waals surface area (Å²) >= 11 is 0. The predicted molar refractivity (Wildman–Crippen MR) is 185 cm³/mol. The van der Waals surface area contributed by atoms with Gasteiger partial charge in [-0.05, 0) is 62.2 Å². The second kappa shape index (κ2) is 26.8. The maximum atomic E-state index is 4.00. The molecule has 0 amide bonds. The zero-order valence-electron chi connectivity index (χ0n) is 29.6. The van der Waals surface area contributed by atoms with Crippen LogP contribution in [0.2, 0.25) is 0 Å². The highest BCUT2D eigenvalue weighted by Crippen LogP contribution is 2.41. The molecular formula is C39H74. The molecule has 0 heteroatoms. The summed E-state index contributed by atoms with van der Waals surface area (Å²) < 4.78 is 0. The lowest BCUT2D eigenvalue weighted by atomic mass is 9.69. The molecule has 0 heterocycles. The molecule has 0 aromatic heterocycles. The van der Waals surface area contributed by atoms with Gasteiger partial charge in [0.2, 0.25) is 0 Å². The van der Waals surface area contributed by atoms with E-state index in [0.717, 1.165) is 0 Å². The zero-order valence-corrected chi connectivity index (χ0v) is 29.6. The smallest absolute Gasteiger partial charge is 0.00298 e. The minimum absolute atomic E-state index is 0.343. The third kappa shape index (κ3) is 24.1. The number of hydrogen-bond donors (Lipinski definition) is 0. The van der Waals surface area contributed by atoms with Gasteiger partial charge in [0.15, 0.2) is 0 Å². The molecule has 0 aliphatic rings. The minimum Gasteiger partial charge on any atom is -0.124 e. The maximum Gasteiger partial charge on any atom is 0.00298 e. The fourth-order valence-electron chi connectivity index (χ4n) is 5.15. The molecule has 0 fully saturated rings. The van der Waals surface area contributed by atoms with E-state index in [9.17, 15) is 0 Å². The van der Waals surface area contributed by atoms with Crippen LogP contribution in [0.4, 0.5) is 0 Å². The van der Waals surface area contributed by atoms with E-state index in [0.29, 0.717) is 28.6 Å². The summed E-state index contributed by atoms with van der Waals surface area (Å²) in [5, 5.41) is 0. The van der Waals surface area contributed by atoms with Crippen LogP contribution in [-0.4, -0.2) is 0 Å². The Bertz CT molecular complexity index is 629. The molecule has 0 rings (SSSR count). The molecule has 0 N–H and O–H groups in total. The molecule has 0 aromatic carbocycles. The molecule has 39 heavy (non-hydrogen) atoms. The van der Waals surface area contributed by atoms with Crippen LogP contribution in [0.5, 0.6) is 0 Å². The SMILES string of the molecule is C#C.C#C.CCC(C)(C)C.CCCCCC/C=C(\CC)C(/C(C)=C(\C)C(CCCCCC)C(C)(C)C)C(C)C. The lowest BCUT2D eigenvalue weighted by Crippen LogP contribution is -2.25. The van der Waals surface area contributed by atoms with Crippen LogP contribution in [0.15, 0.2) is 22.8 Å². The Morgan fingerprint density at radius 1 is 0.667 bits per heavy atom. The molecule has 230 valence electrons. The zero-order chi connectivity index (χ0) is 31.7. The molecule has 2 unspecified atom stereocenters. The van der Waals surface area contributed by atoms with E-state index >= 15 is 0 Å². The van der Waals surface area contributed by atoms with Gasteiger partial charge < -0.3 is 0 Å². The minimum atomic E-state index is 0.343. The van der Waals surface area contributed by atoms with Gasteiger partial charge in [0.1, 0.15) is 0 Å². The number of allylic oxidation sites excluding steroid dienone is 4. The van der Waals surface area contributed by atoms with E-state index in [4.69, 9.17) is 0 Å². The maximum absolute atomic E-state index is 4.00. The van der Waals surface area contributed by atoms with Gasteiger partial charge in [0, 0.05) is 5.92 Å². The molecule has 0 aromatic rings. The van der Waals surface area contributed by atoms with Crippen molar-refractivity contribution in [2.45, 2.75) is 174 Å². The Labute approximate surface area is 250 Å². The Morgan fingerprint density at radius 3 is 1.44 bits per heavy atom. The molecular weight excluding hydrogens is 468 g/mol. The summed E-state index contributed by atoms with van der Waals surface area (Å²) in [4.78, 5) is 0. The van der Waals surface area contributed by atoms with Gasteiger partial charge in [-0.15, -0.1) is 25.7 Å². The van der Waals surface area contributed by atoms with Crippen molar-refractivity contribution in [3.63, 3.8) is 0 Å². The molecule has 0 aliphatic heterocycles. The van der Waals surface area contributed by atoms with Gasteiger partial charge >= 0.3 is 0 Å². The van der Waals surface area contributed by atoms with Crippen LogP contribution in [-0.2, 0) is 0 Å². The van der Waals surface area contributed by atoms with Gasteiger partial charge in [-0.3, -0.25) is 0 Å². The summed E-state index contributed by atoms with van der Waals surface area (Å²) in [5.41, 5.74) is 5.91. The lowest BCUT2D eigenvalue weighted by Gasteiger charge is -2.36. The van der Waals surface area contributed by atoms with Crippen molar-refractivity contribution in [1.82, 2.24) is 0 Å². The van der Waals surface area contributed by atoms with E-state index in [2.05, 4.69) is 129 Å². The van der Waals surface area contributed by atoms with Crippen molar-refractivity contribution >= 4 is 0 Å². The summed E-state index contributed by atoms with van der Waals surface area (Å²) in [6.45, 7) is 33.0. The van der Waals surface area contributed by atoms with E-state index in [1.807, 2.05) is 0 Å². The highest BCUT2D eigenvalue weighted by molar-refractivity contribution is 5.27. The van der Waals surface area contributed by atoms with Crippen molar-refractivity contribution in [3.05, 3.63) is 22.8 Å². The molecule has 0 bridgehead atoms. The van der Waals surface area contributed by atoms with Gasteiger partial charge in [0.25, 0.3) is 0 Å². The van der Waals surface area contributed by atoms with E-state index in [-0.39, 0.29) is 0 Å². The molecule has 0 radical (unpaired) electrons. The van der Waals surface area contributed by atoms with Gasteiger partial charge in [-0.25, -0.2) is 0 Å². The highest BCUT2D eigenvalue weighted by Gasteiger charge is 2.29. The standard InChI is InChI=1S/C29H56.C6H14.2C2H2/c1-11-14-16-18-19-21-26(13-3)28(23(4)5)25(7)24(6)27(29(8,9)10)22-20-17-15-12-2;1-5-6(2,3)4;2*1-2/h21,23,27-28H,11-20,22H2,1-10H3;5H2,1-4H3;2*1-2H/b25-24+,26-21+;;;. The fraction of sp³-hybridized carbons (Fsp3) is 0.795. The summed E-state index contributed by atoms with van der Waals surface area (Å²) in [6, 6.07) is 0. The summed E-state index contributed by atoms with van der Waals surface area (Å²) in [7, 11) is 0. The number of unbranched alkanes of at least 4 members (excludes halogenated alkanes) is 7. The van der Waals surface area contributed by atoms with Crippen LogP contribution < -0.4 is 0 Å². The lowest BCUT2D eigenvalue weighted by molar-refractivity contribution is 0.254. The van der Waals surface area contributed by atoms with Crippen LogP contribution in [0.1, 0.15) is 174 Å². The Balaban J connectivity index is -0.000000526. The first-order chi connectivity index (χ1) is 18.2. The molecule has 0 aliphatic carbocycles. The van der Waals surface area contributed by atoms with Crippen molar-refractivity contribution in [1.29, 1.82) is 0 Å². The molecule has 2 atom stereocenters. The summed E-state index contributed by atoms with van der Waals surface area (Å²) in [5.74, 6) is 1.99. The third-order valence-corrected chi connectivity index (χ3v) is 8.00. The Morgan fingerprint density at radius 2 is 1.10 bits per heavy atom. The second-order valence-corrected chi connectivity index (χ2v) is 13.8. The van der Waals surface area contributed by atoms with Crippen molar-refractivity contribution in [2.24, 2.45) is 28.6 Å². The predicted octanol–water partition coefficient (Wildman–Crippen LogP) is 13.5. The van der Waals surface area contributed by atoms with Gasteiger partial charge in [-0.1, -0.05) is 157 Å². The van der Waals surface area contributed by atoms with Gasteiger partial charge in [-0.2, -0.15) is 0 Å². The first kappa shape index (κ1) is 44.6. The van der Waals surface area contributed by atoms with Crippen molar-refractivity contribution in [2.75, 3.05) is 0 Å². The second-order valence-electron chi connectivity index (χ2n) is 13.8. The third-order valence-electron chi connectivity index (χ3n) is 8.00. The Kier molecular flexibility index (Phi) is 30.7. The van der Waals surface area contributed by atoms with Crippen LogP contribution in [0, 0.1) is 54.3 Å². The summed E-state index contributed by atoms with van der Waals surface area (Å²) in [6.07, 6.45) is 34.6. The first-order valence-electron chi connectivity index (χ1n) is 16.2. The van der Waals surface area contributed by atoms with Crippen LogP contribution in [0.25, 0.3) is 0 Å². The van der Waals surface area contributed by atoms with E-state index in [1.165, 1.54) is 77.0 Å². The van der Waals surface area contributed by atoms with E-state index < -0.39 is 0 Å².